The molecule has 56 heavy (non-hydrogen) atoms. The van der Waals surface area contributed by atoms with Gasteiger partial charge in [0, 0.05) is 34.1 Å². The van der Waals surface area contributed by atoms with Gasteiger partial charge in [-0.1, -0.05) is 146 Å². The van der Waals surface area contributed by atoms with Gasteiger partial charge in [0.05, 0.1) is 0 Å². The molecule has 0 saturated carbocycles. The third kappa shape index (κ3) is 8.11. The van der Waals surface area contributed by atoms with Crippen molar-refractivity contribution in [3.05, 3.63) is 231 Å². The van der Waals surface area contributed by atoms with Crippen LogP contribution in [-0.2, 0) is 0 Å². The normalized spacial score (nSPS) is 12.1. The zero-order valence-corrected chi connectivity index (χ0v) is 31.8. The van der Waals surface area contributed by atoms with Crippen LogP contribution in [0, 0.1) is 0 Å². The van der Waals surface area contributed by atoms with Gasteiger partial charge >= 0.3 is 0 Å². The van der Waals surface area contributed by atoms with Crippen LogP contribution in [0.25, 0.3) is 44.5 Å². The number of anilines is 4. The number of hydrogen-bond donors (Lipinski definition) is 0. The minimum atomic E-state index is 0.833. The first-order valence-corrected chi connectivity index (χ1v) is 19.5. The first kappa shape index (κ1) is 36.1. The molecule has 0 aromatic heterocycles. The van der Waals surface area contributed by atoms with E-state index in [-0.39, 0.29) is 0 Å². The maximum atomic E-state index is 4.50. The van der Waals surface area contributed by atoms with Gasteiger partial charge in [-0.25, -0.2) is 0 Å². The molecule has 272 valence electrons. The molecule has 0 bridgehead atoms. The van der Waals surface area contributed by atoms with Crippen molar-refractivity contribution in [3.8, 4) is 44.5 Å². The Morgan fingerprint density at radius 2 is 0.911 bits per heavy atom. The van der Waals surface area contributed by atoms with E-state index < -0.39 is 0 Å². The Bertz CT molecular complexity index is 2470. The van der Waals surface area contributed by atoms with Gasteiger partial charge in [0.2, 0.25) is 0 Å². The Kier molecular flexibility index (Phi) is 11.0. The molecule has 0 saturated heterocycles. The number of nitrogens with zero attached hydrogens (tertiary/aromatic N) is 2. The van der Waals surface area contributed by atoms with Crippen LogP contribution < -0.4 is 9.80 Å². The second kappa shape index (κ2) is 17.1. The third-order valence-corrected chi connectivity index (χ3v) is 10.5. The quantitative estimate of drug-likeness (QED) is 0.109. The lowest BCUT2D eigenvalue weighted by atomic mass is 9.96. The van der Waals surface area contributed by atoms with Gasteiger partial charge in [-0.2, -0.15) is 0 Å². The molecule has 0 radical (unpaired) electrons. The smallest absolute Gasteiger partial charge is 0.0458 e. The highest BCUT2D eigenvalue weighted by atomic mass is 15.2. The molecule has 7 aromatic carbocycles. The van der Waals surface area contributed by atoms with E-state index in [2.05, 4.69) is 223 Å². The zero-order valence-electron chi connectivity index (χ0n) is 31.8. The number of hydrogen-bond acceptors (Lipinski definition) is 2. The molecule has 0 aliphatic heterocycles. The fourth-order valence-electron chi connectivity index (χ4n) is 7.52. The lowest BCUT2D eigenvalue weighted by molar-refractivity contribution is 0.918. The van der Waals surface area contributed by atoms with Crippen LogP contribution in [0.3, 0.4) is 0 Å². The summed E-state index contributed by atoms with van der Waals surface area (Å²) in [6.45, 7) is 8.44. The molecule has 0 heterocycles. The molecule has 1 aliphatic rings. The van der Waals surface area contributed by atoms with Crippen LogP contribution in [0.4, 0.5) is 22.7 Å². The standard InChI is InChI=1S/C54H46N2/c1-3-4-16-41(2)55(52-33-27-43(28-34-52)42-17-8-5-9-18-42)53-35-29-44(30-36-53)46-19-14-21-48(39-46)49-22-15-20-47(40-49)45-31-37-54(38-32-45)56(50-23-10-6-11-24-50)51-25-12-7-13-26-51/h3,5-12,14-15,17-25,27-40H,1-2,4,13,16,26H2. The molecule has 0 N–H and O–H groups in total. The Morgan fingerprint density at radius 3 is 1.41 bits per heavy atom. The first-order chi connectivity index (χ1) is 27.6. The molecule has 7 aromatic rings. The van der Waals surface area contributed by atoms with E-state index in [0.717, 1.165) is 42.8 Å². The van der Waals surface area contributed by atoms with Crippen molar-refractivity contribution in [3.63, 3.8) is 0 Å². The minimum Gasteiger partial charge on any atom is -0.315 e. The van der Waals surface area contributed by atoms with E-state index in [0.29, 0.717) is 0 Å². The van der Waals surface area contributed by atoms with Crippen molar-refractivity contribution >= 4 is 22.7 Å². The monoisotopic (exact) mass is 722 g/mol. The zero-order chi connectivity index (χ0) is 38.1. The number of rotatable bonds is 13. The summed E-state index contributed by atoms with van der Waals surface area (Å²) in [6.07, 6.45) is 12.4. The molecule has 1 aliphatic carbocycles. The van der Waals surface area contributed by atoms with Crippen LogP contribution in [0.15, 0.2) is 231 Å². The van der Waals surface area contributed by atoms with Crippen LogP contribution in [-0.4, -0.2) is 0 Å². The molecule has 2 nitrogen and oxygen atoms in total. The average molecular weight is 723 g/mol. The highest BCUT2D eigenvalue weighted by molar-refractivity contribution is 5.80. The predicted octanol–water partition coefficient (Wildman–Crippen LogP) is 15.3. The van der Waals surface area contributed by atoms with Crippen molar-refractivity contribution in [2.24, 2.45) is 0 Å². The van der Waals surface area contributed by atoms with Gasteiger partial charge in [0.25, 0.3) is 0 Å². The van der Waals surface area contributed by atoms with Crippen molar-refractivity contribution in [2.75, 3.05) is 9.80 Å². The van der Waals surface area contributed by atoms with Crippen molar-refractivity contribution in [1.29, 1.82) is 0 Å². The van der Waals surface area contributed by atoms with E-state index in [1.165, 1.54) is 61.6 Å². The van der Waals surface area contributed by atoms with E-state index in [1.807, 2.05) is 6.08 Å². The number of para-hydroxylation sites is 1. The van der Waals surface area contributed by atoms with E-state index >= 15 is 0 Å². The summed E-state index contributed by atoms with van der Waals surface area (Å²) in [5, 5.41) is 0. The minimum absolute atomic E-state index is 0.833. The topological polar surface area (TPSA) is 6.48 Å². The Labute approximate surface area is 332 Å². The molecule has 8 rings (SSSR count). The summed E-state index contributed by atoms with van der Waals surface area (Å²) < 4.78 is 0. The lowest BCUT2D eigenvalue weighted by Gasteiger charge is -2.29. The van der Waals surface area contributed by atoms with Crippen molar-refractivity contribution in [2.45, 2.75) is 25.7 Å². The third-order valence-electron chi connectivity index (χ3n) is 10.5. The maximum absolute atomic E-state index is 4.50. The van der Waals surface area contributed by atoms with Gasteiger partial charge in [0.15, 0.2) is 0 Å². The Balaban J connectivity index is 1.03. The molecule has 0 amide bonds. The Hall–Kier alpha value is -6.90. The molecule has 0 atom stereocenters. The van der Waals surface area contributed by atoms with E-state index in [9.17, 15) is 0 Å². The van der Waals surface area contributed by atoms with Crippen LogP contribution in [0.5, 0.6) is 0 Å². The fraction of sp³-hybridized carbons (Fsp3) is 0.0741. The Morgan fingerprint density at radius 1 is 0.482 bits per heavy atom. The van der Waals surface area contributed by atoms with E-state index in [1.54, 1.807) is 0 Å². The van der Waals surface area contributed by atoms with Gasteiger partial charge in [-0.15, -0.1) is 6.58 Å². The molecular formula is C54H46N2. The summed E-state index contributed by atoms with van der Waals surface area (Å²) in [6, 6.07) is 65.5. The molecule has 0 fully saturated rings. The summed E-state index contributed by atoms with van der Waals surface area (Å²) >= 11 is 0. The van der Waals surface area contributed by atoms with Gasteiger partial charge in [0.1, 0.15) is 0 Å². The largest absolute Gasteiger partial charge is 0.315 e. The predicted molar refractivity (Wildman–Crippen MR) is 240 cm³/mol. The van der Waals surface area contributed by atoms with Crippen LogP contribution >= 0.6 is 0 Å². The fourth-order valence-corrected chi connectivity index (χ4v) is 7.52. The molecule has 0 unspecified atom stereocenters. The summed E-state index contributed by atoms with van der Waals surface area (Å²) in [5.74, 6) is 0. The average Bonchev–Trinajstić information content (AvgIpc) is 3.28. The molecular weight excluding hydrogens is 677 g/mol. The maximum Gasteiger partial charge on any atom is 0.0458 e. The SMILES string of the molecule is C=CCCC(=C)N(c1ccc(-c2ccccc2)cc1)c1ccc(-c2cccc(-c3cccc(-c4ccc(N(C5=CC=CCC5)c5ccccc5)cc4)c3)c2)cc1. The van der Waals surface area contributed by atoms with Crippen molar-refractivity contribution < 1.29 is 0 Å². The first-order valence-electron chi connectivity index (χ1n) is 19.5. The lowest BCUT2D eigenvalue weighted by Crippen LogP contribution is -2.17. The molecule has 0 spiro atoms. The second-order valence-electron chi connectivity index (χ2n) is 14.2. The summed E-state index contributed by atoms with van der Waals surface area (Å²) in [7, 11) is 0. The van der Waals surface area contributed by atoms with Crippen LogP contribution in [0.2, 0.25) is 0 Å². The number of allylic oxidation sites excluding steroid dienone is 6. The van der Waals surface area contributed by atoms with Crippen LogP contribution in [0.1, 0.15) is 25.7 Å². The van der Waals surface area contributed by atoms with E-state index in [4.69, 9.17) is 0 Å². The highest BCUT2D eigenvalue weighted by Crippen LogP contribution is 2.37. The van der Waals surface area contributed by atoms with Gasteiger partial charge in [-0.05, 0) is 137 Å². The molecule has 2 heteroatoms. The van der Waals surface area contributed by atoms with Crippen molar-refractivity contribution in [1.82, 2.24) is 0 Å². The van der Waals surface area contributed by atoms with Gasteiger partial charge < -0.3 is 9.80 Å². The van der Waals surface area contributed by atoms with Gasteiger partial charge in [-0.3, -0.25) is 0 Å². The highest BCUT2D eigenvalue weighted by Gasteiger charge is 2.17. The number of benzene rings is 7. The second-order valence-corrected chi connectivity index (χ2v) is 14.2. The summed E-state index contributed by atoms with van der Waals surface area (Å²) in [5.41, 5.74) is 16.4. The summed E-state index contributed by atoms with van der Waals surface area (Å²) in [4.78, 5) is 4.64.